The van der Waals surface area contributed by atoms with E-state index in [1.54, 1.807) is 0 Å². The van der Waals surface area contributed by atoms with E-state index < -0.39 is 11.1 Å². The maximum Gasteiger partial charge on any atom is 0.328 e. The zero-order chi connectivity index (χ0) is 11.5. The molecule has 88 valence electrons. The summed E-state index contributed by atoms with van der Waals surface area (Å²) in [6.45, 7) is 7.31. The highest BCUT2D eigenvalue weighted by Gasteiger charge is 2.41. The van der Waals surface area contributed by atoms with Gasteiger partial charge in [0.2, 0.25) is 0 Å². The lowest BCUT2D eigenvalue weighted by Gasteiger charge is -2.37. The first-order valence-corrected chi connectivity index (χ1v) is 5.53. The molecule has 1 saturated heterocycles. The van der Waals surface area contributed by atoms with Crippen molar-refractivity contribution in [3.63, 3.8) is 0 Å². The van der Waals surface area contributed by atoms with Gasteiger partial charge >= 0.3 is 5.97 Å². The first-order valence-electron chi connectivity index (χ1n) is 5.53. The number of hydrogen-bond acceptors (Lipinski definition) is 4. The van der Waals surface area contributed by atoms with Gasteiger partial charge in [-0.05, 0) is 47.2 Å². The Kier molecular flexibility index (Phi) is 3.73. The molecule has 0 amide bonds. The highest BCUT2D eigenvalue weighted by atomic mass is 16.6. The summed E-state index contributed by atoms with van der Waals surface area (Å²) in [5, 5.41) is 6.33. The Morgan fingerprint density at radius 1 is 1.47 bits per heavy atom. The fourth-order valence-electron chi connectivity index (χ4n) is 1.77. The minimum atomic E-state index is -0.536. The number of likely N-dealkylation sites (N-methyl/N-ethyl adjacent to an activating group) is 1. The smallest absolute Gasteiger partial charge is 0.328 e. The van der Waals surface area contributed by atoms with Crippen LogP contribution in [0.4, 0.5) is 0 Å². The van der Waals surface area contributed by atoms with Crippen LogP contribution >= 0.6 is 0 Å². The van der Waals surface area contributed by atoms with Gasteiger partial charge in [-0.15, -0.1) is 0 Å². The van der Waals surface area contributed by atoms with Crippen LogP contribution in [0.25, 0.3) is 0 Å². The van der Waals surface area contributed by atoms with Crippen LogP contribution in [0.1, 0.15) is 33.6 Å². The molecule has 0 aromatic rings. The molecule has 0 aliphatic carbocycles. The van der Waals surface area contributed by atoms with Gasteiger partial charge in [0.25, 0.3) is 0 Å². The van der Waals surface area contributed by atoms with Gasteiger partial charge in [-0.2, -0.15) is 0 Å². The monoisotopic (exact) mass is 214 g/mol. The Labute approximate surface area is 91.8 Å². The van der Waals surface area contributed by atoms with Crippen molar-refractivity contribution in [3.8, 4) is 0 Å². The minimum Gasteiger partial charge on any atom is -0.459 e. The Morgan fingerprint density at radius 3 is 2.53 bits per heavy atom. The van der Waals surface area contributed by atoms with E-state index >= 15 is 0 Å². The molecule has 0 radical (unpaired) electrons. The molecule has 1 heterocycles. The predicted molar refractivity (Wildman–Crippen MR) is 59.7 cm³/mol. The Bertz CT molecular complexity index is 227. The molecule has 1 rings (SSSR count). The second-order valence-electron chi connectivity index (χ2n) is 5.11. The van der Waals surface area contributed by atoms with E-state index in [1.165, 1.54) is 0 Å². The van der Waals surface area contributed by atoms with E-state index in [-0.39, 0.29) is 5.97 Å². The van der Waals surface area contributed by atoms with Crippen molar-refractivity contribution in [1.82, 2.24) is 10.6 Å². The molecular formula is C11H22N2O2. The summed E-state index contributed by atoms with van der Waals surface area (Å²) in [4.78, 5) is 12.0. The van der Waals surface area contributed by atoms with Crippen molar-refractivity contribution in [2.45, 2.75) is 44.8 Å². The summed E-state index contributed by atoms with van der Waals surface area (Å²) in [5.41, 5.74) is -0.954. The first kappa shape index (κ1) is 12.5. The van der Waals surface area contributed by atoms with Gasteiger partial charge in [-0.1, -0.05) is 0 Å². The highest BCUT2D eigenvalue weighted by molar-refractivity contribution is 5.81. The Hall–Kier alpha value is -0.610. The molecule has 1 aliphatic rings. The molecule has 0 spiro atoms. The number of carbonyl (C=O) groups is 1. The van der Waals surface area contributed by atoms with E-state index in [9.17, 15) is 4.79 Å². The zero-order valence-electron chi connectivity index (χ0n) is 10.1. The van der Waals surface area contributed by atoms with Crippen molar-refractivity contribution >= 4 is 5.97 Å². The number of esters is 1. The molecular weight excluding hydrogens is 192 g/mol. The second kappa shape index (κ2) is 4.49. The van der Waals surface area contributed by atoms with E-state index in [1.807, 2.05) is 27.8 Å². The normalized spacial score (nSPS) is 27.5. The number of hydrogen-bond donors (Lipinski definition) is 2. The summed E-state index contributed by atoms with van der Waals surface area (Å²) in [5.74, 6) is -0.148. The van der Waals surface area contributed by atoms with Crippen molar-refractivity contribution in [2.24, 2.45) is 0 Å². The fourth-order valence-corrected chi connectivity index (χ4v) is 1.77. The molecule has 2 N–H and O–H groups in total. The third kappa shape index (κ3) is 3.18. The van der Waals surface area contributed by atoms with Crippen LogP contribution in [0, 0.1) is 0 Å². The molecule has 1 aliphatic heterocycles. The summed E-state index contributed by atoms with van der Waals surface area (Å²) >= 11 is 0. The maximum atomic E-state index is 12.0. The number of piperidine rings is 1. The number of rotatable bonds is 2. The number of carbonyl (C=O) groups excluding carboxylic acids is 1. The van der Waals surface area contributed by atoms with Crippen LogP contribution in [0.2, 0.25) is 0 Å². The zero-order valence-corrected chi connectivity index (χ0v) is 10.1. The van der Waals surface area contributed by atoms with Crippen molar-refractivity contribution in [1.29, 1.82) is 0 Å². The maximum absolute atomic E-state index is 12.0. The highest BCUT2D eigenvalue weighted by Crippen LogP contribution is 2.20. The number of ether oxygens (including phenoxy) is 1. The second-order valence-corrected chi connectivity index (χ2v) is 5.11. The average Bonchev–Trinajstić information content (AvgIpc) is 2.16. The summed E-state index contributed by atoms with van der Waals surface area (Å²) in [6, 6.07) is 0. The summed E-state index contributed by atoms with van der Waals surface area (Å²) in [6.07, 6.45) is 1.84. The van der Waals surface area contributed by atoms with Crippen LogP contribution in [-0.4, -0.2) is 37.2 Å². The fraction of sp³-hybridized carbons (Fsp3) is 0.909. The quantitative estimate of drug-likeness (QED) is 0.663. The SMILES string of the molecule is CNC1(C(=O)OC(C)(C)C)CCCNC1. The molecule has 0 bridgehead atoms. The van der Waals surface area contributed by atoms with E-state index in [4.69, 9.17) is 4.74 Å². The minimum absolute atomic E-state index is 0.148. The summed E-state index contributed by atoms with van der Waals surface area (Å²) in [7, 11) is 1.82. The third-order valence-electron chi connectivity index (χ3n) is 2.65. The van der Waals surface area contributed by atoms with Gasteiger partial charge in [-0.3, -0.25) is 0 Å². The van der Waals surface area contributed by atoms with Crippen molar-refractivity contribution < 1.29 is 9.53 Å². The molecule has 1 atom stereocenters. The molecule has 0 saturated carbocycles. The lowest BCUT2D eigenvalue weighted by molar-refractivity contribution is -0.163. The van der Waals surface area contributed by atoms with Gasteiger partial charge in [0.1, 0.15) is 11.1 Å². The van der Waals surface area contributed by atoms with Crippen LogP contribution < -0.4 is 10.6 Å². The largest absolute Gasteiger partial charge is 0.459 e. The number of nitrogens with one attached hydrogen (secondary N) is 2. The molecule has 4 nitrogen and oxygen atoms in total. The molecule has 1 unspecified atom stereocenters. The van der Waals surface area contributed by atoms with Gasteiger partial charge in [0.05, 0.1) is 0 Å². The van der Waals surface area contributed by atoms with Crippen molar-refractivity contribution in [3.05, 3.63) is 0 Å². The first-order chi connectivity index (χ1) is 6.90. The molecule has 4 heteroatoms. The molecule has 1 fully saturated rings. The lowest BCUT2D eigenvalue weighted by Crippen LogP contribution is -2.61. The topological polar surface area (TPSA) is 50.4 Å². The standard InChI is InChI=1S/C11H22N2O2/c1-10(2,3)15-9(14)11(12-4)6-5-7-13-8-11/h12-13H,5-8H2,1-4H3. The van der Waals surface area contributed by atoms with Gasteiger partial charge in [0, 0.05) is 6.54 Å². The Morgan fingerprint density at radius 2 is 2.13 bits per heavy atom. The van der Waals surface area contributed by atoms with E-state index in [0.29, 0.717) is 6.54 Å². The van der Waals surface area contributed by atoms with Crippen LogP contribution in [0.5, 0.6) is 0 Å². The van der Waals surface area contributed by atoms with Crippen LogP contribution in [0.3, 0.4) is 0 Å². The molecule has 15 heavy (non-hydrogen) atoms. The van der Waals surface area contributed by atoms with Crippen LogP contribution in [-0.2, 0) is 9.53 Å². The predicted octanol–water partition coefficient (Wildman–Crippen LogP) is 0.670. The van der Waals surface area contributed by atoms with E-state index in [0.717, 1.165) is 19.4 Å². The average molecular weight is 214 g/mol. The molecule has 0 aromatic carbocycles. The van der Waals surface area contributed by atoms with Crippen LogP contribution in [0.15, 0.2) is 0 Å². The summed E-state index contributed by atoms with van der Waals surface area (Å²) < 4.78 is 5.43. The van der Waals surface area contributed by atoms with Gasteiger partial charge in [0.15, 0.2) is 0 Å². The molecule has 0 aromatic heterocycles. The third-order valence-corrected chi connectivity index (χ3v) is 2.65. The van der Waals surface area contributed by atoms with Gasteiger partial charge in [-0.25, -0.2) is 4.79 Å². The van der Waals surface area contributed by atoms with E-state index in [2.05, 4.69) is 10.6 Å². The van der Waals surface area contributed by atoms with Gasteiger partial charge < -0.3 is 15.4 Å². The lowest BCUT2D eigenvalue weighted by atomic mass is 9.90. The van der Waals surface area contributed by atoms with Crippen molar-refractivity contribution in [2.75, 3.05) is 20.1 Å². The Balaban J connectivity index is 2.68.